The Morgan fingerprint density at radius 1 is 1.27 bits per heavy atom. The summed E-state index contributed by atoms with van der Waals surface area (Å²) in [6, 6.07) is 2.96. The number of carbonyl (C=O) groups is 1. The van der Waals surface area contributed by atoms with Gasteiger partial charge in [0.2, 0.25) is 11.9 Å². The third-order valence-corrected chi connectivity index (χ3v) is 8.11. The Kier molecular flexibility index (Phi) is 9.14. The molecule has 3 heterocycles. The Hall–Kier alpha value is -3.76. The minimum atomic E-state index is -4.31. The third kappa shape index (κ3) is 6.77. The molecule has 16 heteroatoms. The largest absolute Gasteiger partial charge is 0.378 e. The summed E-state index contributed by atoms with van der Waals surface area (Å²) in [6.45, 7) is 2.43. The van der Waals surface area contributed by atoms with E-state index in [1.807, 2.05) is 4.72 Å². The molecule has 41 heavy (non-hydrogen) atoms. The number of aromatic nitrogens is 3. The normalized spacial score (nSPS) is 15.8. The number of hydrogen-bond acceptors (Lipinski definition) is 8. The van der Waals surface area contributed by atoms with Gasteiger partial charge >= 0.3 is 10.2 Å². The molecule has 1 fully saturated rings. The molecule has 0 aliphatic carbocycles. The third-order valence-electron chi connectivity index (χ3n) is 6.62. The van der Waals surface area contributed by atoms with Crippen molar-refractivity contribution in [2.75, 3.05) is 56.5 Å². The van der Waals surface area contributed by atoms with E-state index in [4.69, 9.17) is 4.74 Å². The highest BCUT2D eigenvalue weighted by Gasteiger charge is 2.32. The highest BCUT2D eigenvalue weighted by Crippen LogP contribution is 2.31. The van der Waals surface area contributed by atoms with Crippen LogP contribution in [-0.4, -0.2) is 90.7 Å². The summed E-state index contributed by atoms with van der Waals surface area (Å²) in [5.41, 5.74) is -2.27. The van der Waals surface area contributed by atoms with Crippen molar-refractivity contribution in [1.29, 1.82) is 0 Å². The first-order valence-corrected chi connectivity index (χ1v) is 14.1. The Morgan fingerprint density at radius 2 is 2.02 bits per heavy atom. The minimum Gasteiger partial charge on any atom is -0.378 e. The van der Waals surface area contributed by atoms with E-state index >= 15 is 4.39 Å². The van der Waals surface area contributed by atoms with Gasteiger partial charge in [-0.15, -0.1) is 0 Å². The summed E-state index contributed by atoms with van der Waals surface area (Å²) in [7, 11) is -1.27. The van der Waals surface area contributed by atoms with E-state index in [1.54, 1.807) is 7.05 Å². The number of halogens is 3. The second-order valence-electron chi connectivity index (χ2n) is 9.51. The zero-order chi connectivity index (χ0) is 29.9. The van der Waals surface area contributed by atoms with Crippen LogP contribution in [0.1, 0.15) is 13.3 Å². The number of benzene rings is 1. The van der Waals surface area contributed by atoms with Crippen molar-refractivity contribution in [3.63, 3.8) is 0 Å². The first-order valence-electron chi connectivity index (χ1n) is 12.7. The average Bonchev–Trinajstić information content (AvgIpc) is 3.38. The van der Waals surface area contributed by atoms with Gasteiger partial charge in [0.05, 0.1) is 30.0 Å². The lowest BCUT2D eigenvalue weighted by Gasteiger charge is -2.18. The highest BCUT2D eigenvalue weighted by molar-refractivity contribution is 7.90. The molecule has 0 radical (unpaired) electrons. The molecule has 1 atom stereocenters. The standard InChI is InChI=1S/C25H30F3N7O5S/c1-15(36)33(2)9-11-40-10-7-29-25-30-13-16-12-18(24(37)34(3)23(16)31-25)21-19(27)4-5-20(22(21)28)32-41(38,39)35-8-6-17(26)14-35/h4-5,12-13,17,32H,6-11,14H2,1-3H3,(H,29,30,31)/t17-/m1/s1. The van der Waals surface area contributed by atoms with Crippen molar-refractivity contribution < 1.29 is 31.1 Å². The maximum Gasteiger partial charge on any atom is 0.301 e. The molecule has 1 amide bonds. The maximum absolute atomic E-state index is 15.5. The Balaban J connectivity index is 1.54. The molecule has 222 valence electrons. The molecule has 3 aromatic rings. The van der Waals surface area contributed by atoms with Crippen LogP contribution in [0.25, 0.3) is 22.2 Å². The lowest BCUT2D eigenvalue weighted by Crippen LogP contribution is -2.34. The number of likely N-dealkylation sites (N-methyl/N-ethyl adjacent to an activating group) is 1. The number of rotatable bonds is 11. The topological polar surface area (TPSA) is 139 Å². The molecule has 1 aromatic carbocycles. The Morgan fingerprint density at radius 3 is 2.71 bits per heavy atom. The minimum absolute atomic E-state index is 0.0122. The van der Waals surface area contributed by atoms with Crippen molar-refractivity contribution in [1.82, 2.24) is 23.7 Å². The van der Waals surface area contributed by atoms with Crippen molar-refractivity contribution in [2.24, 2.45) is 7.05 Å². The van der Waals surface area contributed by atoms with Gasteiger partial charge in [0.25, 0.3) is 5.56 Å². The van der Waals surface area contributed by atoms with E-state index in [2.05, 4.69) is 15.3 Å². The zero-order valence-electron chi connectivity index (χ0n) is 22.7. The van der Waals surface area contributed by atoms with Crippen LogP contribution >= 0.6 is 0 Å². The fraction of sp³-hybridized carbons (Fsp3) is 0.440. The van der Waals surface area contributed by atoms with E-state index in [9.17, 15) is 26.8 Å². The molecular formula is C25H30F3N7O5S. The molecule has 0 saturated carbocycles. The Labute approximate surface area is 234 Å². The van der Waals surface area contributed by atoms with Gasteiger partial charge in [0, 0.05) is 58.8 Å². The number of nitrogens with zero attached hydrogens (tertiary/aromatic N) is 5. The molecule has 0 bridgehead atoms. The van der Waals surface area contributed by atoms with Crippen LogP contribution in [-0.2, 0) is 26.8 Å². The van der Waals surface area contributed by atoms with Gasteiger partial charge in [-0.25, -0.2) is 18.2 Å². The summed E-state index contributed by atoms with van der Waals surface area (Å²) in [5.74, 6) is -2.26. The van der Waals surface area contributed by atoms with Gasteiger partial charge in [0.1, 0.15) is 17.6 Å². The summed E-state index contributed by atoms with van der Waals surface area (Å²) < 4.78 is 78.6. The number of amides is 1. The fourth-order valence-corrected chi connectivity index (χ4v) is 5.46. The summed E-state index contributed by atoms with van der Waals surface area (Å²) in [6.07, 6.45) is 0.0514. The molecular weight excluding hydrogens is 567 g/mol. The Bertz CT molecular complexity index is 1620. The van der Waals surface area contributed by atoms with E-state index in [0.29, 0.717) is 31.7 Å². The van der Waals surface area contributed by atoms with Crippen LogP contribution in [0, 0.1) is 11.6 Å². The van der Waals surface area contributed by atoms with Gasteiger partial charge in [-0.3, -0.25) is 18.9 Å². The number of anilines is 2. The van der Waals surface area contributed by atoms with E-state index in [1.165, 1.54) is 31.1 Å². The van der Waals surface area contributed by atoms with Crippen molar-refractivity contribution in [3.05, 3.63) is 46.4 Å². The van der Waals surface area contributed by atoms with Crippen molar-refractivity contribution in [2.45, 2.75) is 19.5 Å². The predicted octanol–water partition coefficient (Wildman–Crippen LogP) is 1.88. The number of pyridine rings is 1. The van der Waals surface area contributed by atoms with E-state index in [-0.39, 0.29) is 42.6 Å². The smallest absolute Gasteiger partial charge is 0.301 e. The number of alkyl halides is 1. The number of carbonyl (C=O) groups excluding carboxylic acids is 1. The van der Waals surface area contributed by atoms with Crippen LogP contribution in [0.15, 0.2) is 29.2 Å². The SMILES string of the molecule is CC(=O)N(C)CCOCCNc1ncc2cc(-c3c(F)ccc(NS(=O)(=O)N4CC[C@@H](F)C4)c3F)c(=O)n(C)c2n1. The number of nitrogens with one attached hydrogen (secondary N) is 2. The van der Waals surface area contributed by atoms with Crippen LogP contribution in [0.4, 0.5) is 24.8 Å². The first-order chi connectivity index (χ1) is 19.4. The lowest BCUT2D eigenvalue weighted by molar-refractivity contribution is -0.128. The number of aryl methyl sites for hydroxylation is 1. The fourth-order valence-electron chi connectivity index (χ4n) is 4.19. The number of hydrogen-bond donors (Lipinski definition) is 2. The molecule has 1 aliphatic heterocycles. The second kappa shape index (κ2) is 12.4. The van der Waals surface area contributed by atoms with Gasteiger partial charge < -0.3 is 15.0 Å². The average molecular weight is 598 g/mol. The molecule has 0 unspecified atom stereocenters. The summed E-state index contributed by atoms with van der Waals surface area (Å²) >= 11 is 0. The molecule has 2 N–H and O–H groups in total. The molecule has 1 saturated heterocycles. The molecule has 0 spiro atoms. The van der Waals surface area contributed by atoms with Gasteiger partial charge in [0.15, 0.2) is 5.82 Å². The van der Waals surface area contributed by atoms with Crippen LogP contribution in [0.2, 0.25) is 0 Å². The van der Waals surface area contributed by atoms with Crippen LogP contribution in [0.3, 0.4) is 0 Å². The molecule has 12 nitrogen and oxygen atoms in total. The quantitative estimate of drug-likeness (QED) is 0.320. The van der Waals surface area contributed by atoms with Gasteiger partial charge in [-0.05, 0) is 24.6 Å². The monoisotopic (exact) mass is 597 g/mol. The van der Waals surface area contributed by atoms with Gasteiger partial charge in [-0.2, -0.15) is 17.7 Å². The number of ether oxygens (including phenoxy) is 1. The molecule has 2 aromatic heterocycles. The number of fused-ring (bicyclic) bond motifs is 1. The highest BCUT2D eigenvalue weighted by atomic mass is 32.2. The molecule has 4 rings (SSSR count). The van der Waals surface area contributed by atoms with Crippen molar-refractivity contribution >= 4 is 38.8 Å². The van der Waals surface area contributed by atoms with E-state index in [0.717, 1.165) is 21.0 Å². The van der Waals surface area contributed by atoms with Gasteiger partial charge in [-0.1, -0.05) is 0 Å². The van der Waals surface area contributed by atoms with Crippen LogP contribution in [0.5, 0.6) is 0 Å². The van der Waals surface area contributed by atoms with E-state index < -0.39 is 44.8 Å². The summed E-state index contributed by atoms with van der Waals surface area (Å²) in [4.78, 5) is 34.4. The summed E-state index contributed by atoms with van der Waals surface area (Å²) in [5, 5.41) is 3.26. The predicted molar refractivity (Wildman–Crippen MR) is 146 cm³/mol. The zero-order valence-corrected chi connectivity index (χ0v) is 23.5. The first kappa shape index (κ1) is 30.2. The van der Waals surface area contributed by atoms with Crippen molar-refractivity contribution in [3.8, 4) is 11.1 Å². The molecule has 1 aliphatic rings. The maximum atomic E-state index is 15.5. The second-order valence-corrected chi connectivity index (χ2v) is 11.2. The lowest BCUT2D eigenvalue weighted by atomic mass is 10.0. The van der Waals surface area contributed by atoms with Crippen LogP contribution < -0.4 is 15.6 Å².